The van der Waals surface area contributed by atoms with Gasteiger partial charge < -0.3 is 31.4 Å². The highest BCUT2D eigenvalue weighted by Gasteiger charge is 2.36. The molecule has 2 aromatic heterocycles. The second-order valence-corrected chi connectivity index (χ2v) is 8.72. The molecule has 0 saturated heterocycles. The van der Waals surface area contributed by atoms with Gasteiger partial charge >= 0.3 is 0 Å². The number of hydrazine groups is 1. The van der Waals surface area contributed by atoms with E-state index in [1.54, 1.807) is 32.3 Å². The fourth-order valence-electron chi connectivity index (χ4n) is 4.56. The highest BCUT2D eigenvalue weighted by Crippen LogP contribution is 2.38. The molecule has 2 unspecified atom stereocenters. The lowest BCUT2D eigenvalue weighted by Gasteiger charge is -2.35. The molecule has 1 fully saturated rings. The quantitative estimate of drug-likeness (QED) is 0.161. The summed E-state index contributed by atoms with van der Waals surface area (Å²) >= 11 is 0. The maximum Gasteiger partial charge on any atom is 0.271 e. The van der Waals surface area contributed by atoms with E-state index >= 15 is 0 Å². The van der Waals surface area contributed by atoms with Crippen molar-refractivity contribution in [3.05, 3.63) is 35.7 Å². The number of hydrogen-bond acceptors (Lipinski definition) is 9. The summed E-state index contributed by atoms with van der Waals surface area (Å²) in [6.07, 6.45) is 3.40. The van der Waals surface area contributed by atoms with Crippen molar-refractivity contribution in [2.45, 2.75) is 36.8 Å². The summed E-state index contributed by atoms with van der Waals surface area (Å²) in [5.41, 5.74) is 9.70. The summed E-state index contributed by atoms with van der Waals surface area (Å²) in [4.78, 5) is 17.6. The van der Waals surface area contributed by atoms with Crippen molar-refractivity contribution in [3.63, 3.8) is 0 Å². The van der Waals surface area contributed by atoms with E-state index in [1.807, 2.05) is 0 Å². The SMILES string of the molecule is [B]C1([B])OC2CCCC2NC(=O)c2cnc3c(NC)cc(nn23)Nc2cc1cc(N(C)N)c2N. The average molecular weight is 457 g/mol. The number of nitrogens with zero attached hydrogens (tertiary/aromatic N) is 4. The standard InChI is InChI=1S/C21H25B2N9O2/c1-26-13-8-17-28-12-6-10(7-14(18(12)24)31(2)25)21(22,23)34-16-5-3-4-11(16)29-20(33)15-9-27-19(13)32(15)30-17/h6-9,11,16,26H,3-5,24-25H2,1-2H3,(H,28,30)(H,29,33). The number of benzene rings is 1. The number of ether oxygens (including phenoxy) is 1. The summed E-state index contributed by atoms with van der Waals surface area (Å²) in [6.45, 7) is 0. The molecule has 1 amide bonds. The van der Waals surface area contributed by atoms with Crippen LogP contribution in [-0.2, 0) is 10.1 Å². The molecular formula is C21H25B2N9O2. The molecule has 13 heteroatoms. The first-order valence-electron chi connectivity index (χ1n) is 11.0. The third-order valence-corrected chi connectivity index (χ3v) is 6.34. The van der Waals surface area contributed by atoms with Crippen LogP contribution in [0.2, 0.25) is 0 Å². The number of carbonyl (C=O) groups is 1. The van der Waals surface area contributed by atoms with E-state index in [0.717, 1.165) is 12.8 Å². The van der Waals surface area contributed by atoms with E-state index in [1.165, 1.54) is 15.7 Å². The van der Waals surface area contributed by atoms with Gasteiger partial charge in [0.25, 0.3) is 5.91 Å². The molecule has 3 heterocycles. The van der Waals surface area contributed by atoms with Crippen LogP contribution in [0.25, 0.3) is 5.65 Å². The van der Waals surface area contributed by atoms with Crippen LogP contribution in [0.1, 0.15) is 35.3 Å². The molecule has 1 aliphatic heterocycles. The van der Waals surface area contributed by atoms with Crippen molar-refractivity contribution in [1.29, 1.82) is 0 Å². The highest BCUT2D eigenvalue weighted by molar-refractivity contribution is 6.39. The zero-order valence-electron chi connectivity index (χ0n) is 19.0. The molecule has 1 aromatic carbocycles. The molecule has 3 aromatic rings. The first kappa shape index (κ1) is 22.4. The van der Waals surface area contributed by atoms with Gasteiger partial charge in [-0.15, -0.1) is 5.10 Å². The number of fused-ring (bicyclic) bond motifs is 4. The van der Waals surface area contributed by atoms with Crippen LogP contribution in [0.15, 0.2) is 24.4 Å². The molecule has 5 rings (SSSR count). The Morgan fingerprint density at radius 3 is 2.85 bits per heavy atom. The zero-order chi connectivity index (χ0) is 24.2. The van der Waals surface area contributed by atoms with Crippen LogP contribution >= 0.6 is 0 Å². The Bertz CT molecular complexity index is 1280. The summed E-state index contributed by atoms with van der Waals surface area (Å²) in [6, 6.07) is 4.90. The molecule has 0 spiro atoms. The van der Waals surface area contributed by atoms with E-state index in [-0.39, 0.29) is 23.7 Å². The van der Waals surface area contributed by atoms with Crippen LogP contribution in [0.4, 0.5) is 28.6 Å². The number of nitrogen functional groups attached to an aromatic ring is 1. The molecule has 1 aliphatic carbocycles. The smallest absolute Gasteiger partial charge is 0.271 e. The molecule has 4 bridgehead atoms. The number of anilines is 5. The molecule has 4 radical (unpaired) electrons. The Morgan fingerprint density at radius 2 is 2.12 bits per heavy atom. The van der Waals surface area contributed by atoms with Gasteiger partial charge in [-0.25, -0.2) is 15.3 Å². The summed E-state index contributed by atoms with van der Waals surface area (Å²) < 4.78 is 7.67. The number of imidazole rings is 1. The van der Waals surface area contributed by atoms with Gasteiger partial charge in [0, 0.05) is 25.6 Å². The van der Waals surface area contributed by atoms with E-state index in [2.05, 4.69) is 26.0 Å². The van der Waals surface area contributed by atoms with Crippen molar-refractivity contribution >= 4 is 55.8 Å². The van der Waals surface area contributed by atoms with Crippen LogP contribution in [0.5, 0.6) is 0 Å². The topological polar surface area (TPSA) is 148 Å². The predicted molar refractivity (Wildman–Crippen MR) is 132 cm³/mol. The highest BCUT2D eigenvalue weighted by atomic mass is 16.5. The minimum absolute atomic E-state index is 0.276. The van der Waals surface area contributed by atoms with Crippen LogP contribution in [0.3, 0.4) is 0 Å². The lowest BCUT2D eigenvalue weighted by molar-refractivity contribution is -0.00596. The molecule has 2 atom stereocenters. The molecule has 2 aliphatic rings. The Kier molecular flexibility index (Phi) is 5.33. The van der Waals surface area contributed by atoms with Gasteiger partial charge in [-0.1, -0.05) is 0 Å². The van der Waals surface area contributed by atoms with E-state index in [9.17, 15) is 4.79 Å². The Hall–Kier alpha value is -3.44. The predicted octanol–water partition coefficient (Wildman–Crippen LogP) is 0.535. The normalized spacial score (nSPS) is 21.4. The maximum absolute atomic E-state index is 13.2. The van der Waals surface area contributed by atoms with Crippen molar-refractivity contribution in [3.8, 4) is 0 Å². The third kappa shape index (κ3) is 3.70. The van der Waals surface area contributed by atoms with E-state index in [4.69, 9.17) is 32.0 Å². The first-order chi connectivity index (χ1) is 16.2. The number of rotatable bonds is 2. The Balaban J connectivity index is 1.74. The fraction of sp³-hybridized carbons (Fsp3) is 0.381. The van der Waals surface area contributed by atoms with Gasteiger partial charge in [-0.2, -0.15) is 0 Å². The summed E-state index contributed by atoms with van der Waals surface area (Å²) in [7, 11) is 16.4. The van der Waals surface area contributed by atoms with Crippen LogP contribution in [-0.4, -0.2) is 62.4 Å². The van der Waals surface area contributed by atoms with E-state index in [0.29, 0.717) is 46.2 Å². The van der Waals surface area contributed by atoms with Crippen LogP contribution < -0.4 is 32.5 Å². The average Bonchev–Trinajstić information content (AvgIpc) is 3.40. The molecule has 1 saturated carbocycles. The fourth-order valence-corrected chi connectivity index (χ4v) is 4.56. The summed E-state index contributed by atoms with van der Waals surface area (Å²) in [5, 5.41) is 13.7. The lowest BCUT2D eigenvalue weighted by atomic mass is 9.60. The molecule has 11 nitrogen and oxygen atoms in total. The maximum atomic E-state index is 13.2. The van der Waals surface area contributed by atoms with Crippen molar-refractivity contribution in [2.75, 3.05) is 35.5 Å². The summed E-state index contributed by atoms with van der Waals surface area (Å²) in [5.74, 6) is 6.14. The van der Waals surface area contributed by atoms with Gasteiger partial charge in [0.2, 0.25) is 0 Å². The molecule has 7 N–H and O–H groups in total. The Labute approximate surface area is 199 Å². The van der Waals surface area contributed by atoms with Crippen molar-refractivity contribution < 1.29 is 9.53 Å². The van der Waals surface area contributed by atoms with Crippen molar-refractivity contribution in [2.24, 2.45) is 5.84 Å². The first-order valence-corrected chi connectivity index (χ1v) is 11.0. The van der Waals surface area contributed by atoms with Gasteiger partial charge in [0.15, 0.2) is 17.2 Å². The number of amides is 1. The van der Waals surface area contributed by atoms with Crippen LogP contribution in [0, 0.1) is 0 Å². The second kappa shape index (κ2) is 8.10. The number of nitrogens with two attached hydrogens (primary N) is 2. The minimum atomic E-state index is -1.66. The molecular weight excluding hydrogens is 432 g/mol. The number of hydrogen-bond donors (Lipinski definition) is 5. The molecule has 172 valence electrons. The molecule has 34 heavy (non-hydrogen) atoms. The minimum Gasteiger partial charge on any atom is -0.395 e. The third-order valence-electron chi connectivity index (χ3n) is 6.34. The lowest BCUT2D eigenvalue weighted by Crippen LogP contribution is -2.46. The van der Waals surface area contributed by atoms with Gasteiger partial charge in [0.05, 0.1) is 41.1 Å². The Morgan fingerprint density at radius 1 is 1.32 bits per heavy atom. The number of nitrogens with one attached hydrogen (secondary N) is 3. The second-order valence-electron chi connectivity index (χ2n) is 8.72. The monoisotopic (exact) mass is 457 g/mol. The number of carbonyl (C=O) groups excluding carboxylic acids is 1. The zero-order valence-corrected chi connectivity index (χ0v) is 19.0. The largest absolute Gasteiger partial charge is 0.395 e. The van der Waals surface area contributed by atoms with Crippen molar-refractivity contribution in [1.82, 2.24) is 19.9 Å². The van der Waals surface area contributed by atoms with E-state index < -0.39 is 5.40 Å². The van der Waals surface area contributed by atoms with Gasteiger partial charge in [-0.05, 0) is 37.0 Å². The number of aromatic nitrogens is 3. The van der Waals surface area contributed by atoms with Gasteiger partial charge in [0.1, 0.15) is 15.7 Å². The van der Waals surface area contributed by atoms with Gasteiger partial charge in [-0.3, -0.25) is 4.79 Å².